The molecule has 0 saturated carbocycles. The molecule has 3 rings (SSSR count). The Labute approximate surface area is 136 Å². The van der Waals surface area contributed by atoms with E-state index in [9.17, 15) is 9.90 Å². The van der Waals surface area contributed by atoms with E-state index < -0.39 is 5.79 Å². The Morgan fingerprint density at radius 1 is 1.45 bits per heavy atom. The smallest absolute Gasteiger partial charge is 0.308 e. The van der Waals surface area contributed by atoms with E-state index in [1.165, 1.54) is 19.8 Å². The van der Waals surface area contributed by atoms with Gasteiger partial charge in [0.05, 0.1) is 13.2 Å². The lowest BCUT2D eigenvalue weighted by molar-refractivity contribution is -0.264. The van der Waals surface area contributed by atoms with Crippen LogP contribution in [0.25, 0.3) is 0 Å². The molecule has 1 aromatic carbocycles. The van der Waals surface area contributed by atoms with Crippen molar-refractivity contribution in [2.45, 2.75) is 38.0 Å². The highest BCUT2D eigenvalue weighted by Crippen LogP contribution is 2.34. The van der Waals surface area contributed by atoms with Gasteiger partial charge in [-0.2, -0.15) is 0 Å². The normalized spacial score (nSPS) is 28.4. The number of ether oxygens (including phenoxy) is 2. The van der Waals surface area contributed by atoms with Gasteiger partial charge in [0, 0.05) is 18.5 Å². The Morgan fingerprint density at radius 3 is 3.05 bits per heavy atom. The summed E-state index contributed by atoms with van der Waals surface area (Å²) in [7, 11) is 0. The summed E-state index contributed by atoms with van der Waals surface area (Å²) in [4.78, 5) is 13.3. The third-order valence-corrected chi connectivity index (χ3v) is 4.23. The summed E-state index contributed by atoms with van der Waals surface area (Å²) in [5, 5.41) is 10.8. The number of rotatable bonds is 2. The van der Waals surface area contributed by atoms with Crippen LogP contribution < -0.4 is 4.74 Å². The standard InChI is InChI=1S/C16H21NO4.ClH/c1-12(18)21-15-7-4-5-13(9-15)16(19)11-17-8-3-2-6-14(17)10-20-16;/h4-5,7,9,14,19H,2-3,6,8,10-11H2,1H3;1H. The van der Waals surface area contributed by atoms with Gasteiger partial charge in [-0.1, -0.05) is 18.6 Å². The number of aliphatic hydroxyl groups is 1. The second-order valence-corrected chi connectivity index (χ2v) is 5.84. The number of fused-ring (bicyclic) bond motifs is 1. The lowest BCUT2D eigenvalue weighted by atomic mass is 9.96. The van der Waals surface area contributed by atoms with Gasteiger partial charge in [0.25, 0.3) is 0 Å². The number of carbonyl (C=O) groups excluding carboxylic acids is 1. The van der Waals surface area contributed by atoms with Crippen molar-refractivity contribution in [2.24, 2.45) is 0 Å². The van der Waals surface area contributed by atoms with E-state index in [1.807, 2.05) is 0 Å². The van der Waals surface area contributed by atoms with Crippen molar-refractivity contribution in [3.63, 3.8) is 0 Å². The highest BCUT2D eigenvalue weighted by atomic mass is 35.5. The van der Waals surface area contributed by atoms with Gasteiger partial charge in [0.15, 0.2) is 0 Å². The van der Waals surface area contributed by atoms with Crippen LogP contribution in [0.5, 0.6) is 5.75 Å². The molecule has 0 amide bonds. The van der Waals surface area contributed by atoms with E-state index in [2.05, 4.69) is 4.90 Å². The van der Waals surface area contributed by atoms with E-state index >= 15 is 0 Å². The molecule has 1 N–H and O–H groups in total. The number of esters is 1. The van der Waals surface area contributed by atoms with Crippen LogP contribution in [0.2, 0.25) is 0 Å². The Hall–Kier alpha value is -1.14. The first-order valence-electron chi connectivity index (χ1n) is 7.46. The molecular weight excluding hydrogens is 306 g/mol. The van der Waals surface area contributed by atoms with Crippen molar-refractivity contribution in [1.82, 2.24) is 4.90 Å². The van der Waals surface area contributed by atoms with Crippen molar-refractivity contribution in [2.75, 3.05) is 19.7 Å². The monoisotopic (exact) mass is 327 g/mol. The summed E-state index contributed by atoms with van der Waals surface area (Å²) in [6.45, 7) is 3.35. The predicted octanol–water partition coefficient (Wildman–Crippen LogP) is 2.06. The molecule has 2 aliphatic rings. The largest absolute Gasteiger partial charge is 0.427 e. The molecule has 5 nitrogen and oxygen atoms in total. The van der Waals surface area contributed by atoms with Gasteiger partial charge in [-0.15, -0.1) is 12.4 Å². The molecule has 2 heterocycles. The lowest BCUT2D eigenvalue weighted by Gasteiger charge is -2.46. The molecule has 0 radical (unpaired) electrons. The molecule has 2 atom stereocenters. The van der Waals surface area contributed by atoms with Crippen molar-refractivity contribution in [3.8, 4) is 5.75 Å². The molecule has 0 bridgehead atoms. The highest BCUT2D eigenvalue weighted by molar-refractivity contribution is 5.85. The number of benzene rings is 1. The number of carbonyl (C=O) groups is 1. The number of nitrogens with zero attached hydrogens (tertiary/aromatic N) is 1. The summed E-state index contributed by atoms with van der Waals surface area (Å²) in [6, 6.07) is 7.34. The van der Waals surface area contributed by atoms with Crippen molar-refractivity contribution >= 4 is 18.4 Å². The van der Waals surface area contributed by atoms with Gasteiger partial charge in [-0.3, -0.25) is 9.69 Å². The van der Waals surface area contributed by atoms with Crippen LogP contribution in [0.1, 0.15) is 31.7 Å². The summed E-state index contributed by atoms with van der Waals surface area (Å²) in [5.74, 6) is -1.28. The molecule has 2 fully saturated rings. The van der Waals surface area contributed by atoms with Crippen molar-refractivity contribution in [1.29, 1.82) is 0 Å². The van der Waals surface area contributed by atoms with Gasteiger partial charge in [0.1, 0.15) is 5.75 Å². The Kier molecular flexibility index (Phi) is 5.45. The second-order valence-electron chi connectivity index (χ2n) is 5.84. The van der Waals surface area contributed by atoms with E-state index in [4.69, 9.17) is 9.47 Å². The Bertz CT molecular complexity index is 539. The minimum atomic E-state index is -1.33. The molecule has 2 saturated heterocycles. The van der Waals surface area contributed by atoms with Crippen LogP contribution in [0.3, 0.4) is 0 Å². The zero-order valence-corrected chi connectivity index (χ0v) is 13.5. The number of halogens is 1. The fourth-order valence-corrected chi connectivity index (χ4v) is 3.16. The summed E-state index contributed by atoms with van der Waals surface area (Å²) in [6.07, 6.45) is 3.52. The van der Waals surface area contributed by atoms with Crippen LogP contribution in [-0.2, 0) is 15.3 Å². The van der Waals surface area contributed by atoms with Crippen LogP contribution in [0.4, 0.5) is 0 Å². The Balaban J connectivity index is 0.00000176. The van der Waals surface area contributed by atoms with Gasteiger partial charge >= 0.3 is 5.97 Å². The summed E-state index contributed by atoms with van der Waals surface area (Å²) < 4.78 is 10.8. The van der Waals surface area contributed by atoms with Gasteiger partial charge in [-0.05, 0) is 31.5 Å². The van der Waals surface area contributed by atoms with E-state index in [0.717, 1.165) is 13.0 Å². The minimum absolute atomic E-state index is 0. The van der Waals surface area contributed by atoms with E-state index in [0.29, 0.717) is 30.5 Å². The molecule has 0 aliphatic carbocycles. The molecule has 1 aromatic rings. The van der Waals surface area contributed by atoms with Crippen LogP contribution in [0, 0.1) is 0 Å². The maximum atomic E-state index is 11.0. The lowest BCUT2D eigenvalue weighted by Crippen LogP contribution is -2.56. The molecule has 2 unspecified atom stereocenters. The van der Waals surface area contributed by atoms with Gasteiger partial charge < -0.3 is 14.6 Å². The summed E-state index contributed by atoms with van der Waals surface area (Å²) >= 11 is 0. The zero-order chi connectivity index (χ0) is 14.9. The quantitative estimate of drug-likeness (QED) is 0.665. The highest BCUT2D eigenvalue weighted by Gasteiger charge is 2.41. The molecule has 0 aromatic heterocycles. The number of hydrogen-bond donors (Lipinski definition) is 1. The average Bonchev–Trinajstić information content (AvgIpc) is 2.47. The third kappa shape index (κ3) is 3.60. The zero-order valence-electron chi connectivity index (χ0n) is 12.7. The van der Waals surface area contributed by atoms with Crippen LogP contribution >= 0.6 is 12.4 Å². The van der Waals surface area contributed by atoms with E-state index in [1.54, 1.807) is 24.3 Å². The molecule has 22 heavy (non-hydrogen) atoms. The van der Waals surface area contributed by atoms with Gasteiger partial charge in [0.2, 0.25) is 5.79 Å². The van der Waals surface area contributed by atoms with Gasteiger partial charge in [-0.25, -0.2) is 0 Å². The number of hydrogen-bond acceptors (Lipinski definition) is 5. The van der Waals surface area contributed by atoms with Crippen molar-refractivity contribution < 1.29 is 19.4 Å². The molecule has 2 aliphatic heterocycles. The SMILES string of the molecule is CC(=O)Oc1cccc(C2(O)CN3CCCCC3CO2)c1.Cl. The van der Waals surface area contributed by atoms with E-state index in [-0.39, 0.29) is 18.4 Å². The first kappa shape index (κ1) is 17.2. The van der Waals surface area contributed by atoms with Crippen molar-refractivity contribution in [3.05, 3.63) is 29.8 Å². The second kappa shape index (κ2) is 6.96. The van der Waals surface area contributed by atoms with Crippen LogP contribution in [-0.4, -0.2) is 41.7 Å². The molecule has 122 valence electrons. The summed E-state index contributed by atoms with van der Waals surface area (Å²) in [5.41, 5.74) is 0.630. The number of morpholine rings is 1. The molecule has 6 heteroatoms. The first-order valence-corrected chi connectivity index (χ1v) is 7.46. The maximum Gasteiger partial charge on any atom is 0.308 e. The predicted molar refractivity (Wildman–Crippen MR) is 84.1 cm³/mol. The first-order chi connectivity index (χ1) is 10.1. The third-order valence-electron chi connectivity index (χ3n) is 4.23. The fraction of sp³-hybridized carbons (Fsp3) is 0.562. The van der Waals surface area contributed by atoms with Crippen LogP contribution in [0.15, 0.2) is 24.3 Å². The fourth-order valence-electron chi connectivity index (χ4n) is 3.16. The topological polar surface area (TPSA) is 59.0 Å². The molecular formula is C16H22ClNO4. The number of piperidine rings is 1. The maximum absolute atomic E-state index is 11.0. The minimum Gasteiger partial charge on any atom is -0.427 e. The Morgan fingerprint density at radius 2 is 2.27 bits per heavy atom. The molecule has 0 spiro atoms. The average molecular weight is 328 g/mol.